The summed E-state index contributed by atoms with van der Waals surface area (Å²) < 4.78 is 43.8. The highest BCUT2D eigenvalue weighted by Crippen LogP contribution is 2.42. The van der Waals surface area contributed by atoms with E-state index in [9.17, 15) is 18.0 Å². The highest BCUT2D eigenvalue weighted by atomic mass is 32.2. The molecule has 1 unspecified atom stereocenters. The van der Waals surface area contributed by atoms with E-state index in [0.717, 1.165) is 37.1 Å². The summed E-state index contributed by atoms with van der Waals surface area (Å²) in [5.74, 6) is -0.182. The van der Waals surface area contributed by atoms with Crippen LogP contribution in [0.2, 0.25) is 0 Å². The van der Waals surface area contributed by atoms with Gasteiger partial charge in [0.15, 0.2) is 5.65 Å². The van der Waals surface area contributed by atoms with Gasteiger partial charge < -0.3 is 14.4 Å². The van der Waals surface area contributed by atoms with Gasteiger partial charge in [-0.25, -0.2) is 29.0 Å². The molecule has 2 saturated heterocycles. The summed E-state index contributed by atoms with van der Waals surface area (Å²) in [7, 11) is -4.26. The van der Waals surface area contributed by atoms with Crippen LogP contribution in [0.3, 0.4) is 0 Å². The van der Waals surface area contributed by atoms with Crippen molar-refractivity contribution in [3.8, 4) is 11.4 Å². The fraction of sp³-hybridized carbons (Fsp3) is 0.533. The summed E-state index contributed by atoms with van der Waals surface area (Å²) in [6.07, 6.45) is 4.16. The van der Waals surface area contributed by atoms with Crippen molar-refractivity contribution in [2.75, 3.05) is 39.5 Å². The van der Waals surface area contributed by atoms with Crippen LogP contribution >= 0.6 is 0 Å². The molecule has 4 heterocycles. The average molecular weight is 643 g/mol. The van der Waals surface area contributed by atoms with E-state index in [1.54, 1.807) is 11.6 Å². The minimum absolute atomic E-state index is 0.0791. The van der Waals surface area contributed by atoms with Crippen molar-refractivity contribution in [3.63, 3.8) is 0 Å². The van der Waals surface area contributed by atoms with Gasteiger partial charge in [-0.1, -0.05) is 24.6 Å². The fourth-order valence-corrected chi connectivity index (χ4v) is 6.80. The van der Waals surface area contributed by atoms with Gasteiger partial charge in [-0.2, -0.15) is 18.2 Å². The van der Waals surface area contributed by atoms with Gasteiger partial charge in [0.05, 0.1) is 43.2 Å². The van der Waals surface area contributed by atoms with Crippen molar-refractivity contribution in [3.05, 3.63) is 47.8 Å². The summed E-state index contributed by atoms with van der Waals surface area (Å²) in [4.78, 5) is 41.8. The Hall–Kier alpha value is -3.79. The molecular formula is C30H38N6O8S. The number of ether oxygens (including phenoxy) is 2. The number of likely N-dealkylation sites (tertiary alicyclic amines) is 1. The maximum absolute atomic E-state index is 13.5. The summed E-state index contributed by atoms with van der Waals surface area (Å²) in [5, 5.41) is 5.66. The number of nitrogens with one attached hydrogen (secondary N) is 2. The molecular weight excluding hydrogens is 604 g/mol. The van der Waals surface area contributed by atoms with Gasteiger partial charge in [0.2, 0.25) is 0 Å². The van der Waals surface area contributed by atoms with Crippen LogP contribution in [0.4, 0.5) is 4.79 Å². The number of benzene rings is 1. The summed E-state index contributed by atoms with van der Waals surface area (Å²) in [5.41, 5.74) is 1.89. The van der Waals surface area contributed by atoms with Crippen molar-refractivity contribution in [2.45, 2.75) is 57.4 Å². The molecule has 2 aliphatic heterocycles. The first-order chi connectivity index (χ1) is 21.8. The fourth-order valence-electron chi connectivity index (χ4n) is 5.71. The molecule has 6 rings (SSSR count). The van der Waals surface area contributed by atoms with E-state index in [1.165, 1.54) is 11.0 Å². The number of carbonyl (C=O) groups is 2. The highest BCUT2D eigenvalue weighted by molar-refractivity contribution is 7.88. The number of piperidine rings is 1. The van der Waals surface area contributed by atoms with Gasteiger partial charge >= 0.3 is 16.3 Å². The van der Waals surface area contributed by atoms with Crippen molar-refractivity contribution in [1.29, 1.82) is 0 Å². The third-order valence-electron chi connectivity index (χ3n) is 8.39. The Morgan fingerprint density at radius 3 is 2.51 bits per heavy atom. The zero-order chi connectivity index (χ0) is 31.4. The van der Waals surface area contributed by atoms with Gasteiger partial charge in [-0.3, -0.25) is 4.79 Å². The summed E-state index contributed by atoms with van der Waals surface area (Å²) >= 11 is 0. The van der Waals surface area contributed by atoms with E-state index in [-0.39, 0.29) is 24.1 Å². The minimum atomic E-state index is -4.26. The average Bonchev–Trinajstić information content (AvgIpc) is 3.39. The second kappa shape index (κ2) is 13.7. The number of aromatic nitrogens is 3. The molecule has 242 valence electrons. The zero-order valence-corrected chi connectivity index (χ0v) is 26.0. The predicted octanol–water partition coefficient (Wildman–Crippen LogP) is 3.22. The standard InChI is InChI=1S/C30H38N6O8S/c1-2-41-30(38)35-14-11-22(12-15-35)33-45(39,40)34-29(37)24-17-25(42-18-20-13-16-43-44-19-20)26-27(21-7-6-8-21)32-36(28(26)31-24)23-9-4-3-5-10-23/h3-5,9-10,17,20-22,33H,2,6-8,11-16,18-19H2,1H3,(H,34,37). The van der Waals surface area contributed by atoms with E-state index >= 15 is 0 Å². The summed E-state index contributed by atoms with van der Waals surface area (Å²) in [6, 6.07) is 10.5. The Balaban J connectivity index is 1.27. The van der Waals surface area contributed by atoms with Crippen LogP contribution in [0, 0.1) is 5.92 Å². The van der Waals surface area contributed by atoms with Crippen LogP contribution in [0.15, 0.2) is 36.4 Å². The lowest BCUT2D eigenvalue weighted by atomic mass is 9.82. The lowest BCUT2D eigenvalue weighted by molar-refractivity contribution is -0.325. The largest absolute Gasteiger partial charge is 0.492 e. The molecule has 15 heteroatoms. The first-order valence-electron chi connectivity index (χ1n) is 15.4. The third-order valence-corrected chi connectivity index (χ3v) is 9.49. The van der Waals surface area contributed by atoms with E-state index in [1.807, 2.05) is 30.3 Å². The molecule has 2 amide bonds. The van der Waals surface area contributed by atoms with Gasteiger partial charge in [-0.05, 0) is 51.2 Å². The molecule has 3 aromatic rings. The predicted molar refractivity (Wildman–Crippen MR) is 162 cm³/mol. The smallest absolute Gasteiger partial charge is 0.409 e. The first kappa shape index (κ1) is 31.2. The van der Waals surface area contributed by atoms with Crippen LogP contribution < -0.4 is 14.2 Å². The van der Waals surface area contributed by atoms with Crippen LogP contribution in [0.1, 0.15) is 67.5 Å². The molecule has 14 nitrogen and oxygen atoms in total. The molecule has 45 heavy (non-hydrogen) atoms. The van der Waals surface area contributed by atoms with Crippen molar-refractivity contribution < 1.29 is 37.3 Å². The second-order valence-corrected chi connectivity index (χ2v) is 13.0. The maximum atomic E-state index is 13.5. The van der Waals surface area contributed by atoms with Crippen LogP contribution in [-0.4, -0.2) is 85.6 Å². The first-order valence-corrected chi connectivity index (χ1v) is 16.9. The SMILES string of the molecule is CCOC(=O)N1CCC(NS(=O)(=O)NC(=O)c2cc(OCC3CCOOC3)c3c(C4CCC4)nn(-c4ccccc4)c3n2)CC1. The van der Waals surface area contributed by atoms with Gasteiger partial charge in [0, 0.05) is 37.0 Å². The molecule has 1 aliphatic carbocycles. The normalized spacial score (nSPS) is 19.7. The quantitative estimate of drug-likeness (QED) is 0.314. The Kier molecular flexibility index (Phi) is 9.49. The molecule has 1 aromatic carbocycles. The number of hydrogen-bond acceptors (Lipinski definition) is 10. The minimum Gasteiger partial charge on any atom is -0.492 e. The van der Waals surface area contributed by atoms with Gasteiger partial charge in [-0.15, -0.1) is 0 Å². The second-order valence-electron chi connectivity index (χ2n) is 11.5. The molecule has 3 fully saturated rings. The van der Waals surface area contributed by atoms with Crippen molar-refractivity contribution in [1.82, 2.24) is 29.1 Å². The Morgan fingerprint density at radius 1 is 1.07 bits per heavy atom. The number of pyridine rings is 1. The summed E-state index contributed by atoms with van der Waals surface area (Å²) in [6.45, 7) is 3.82. The molecule has 1 saturated carbocycles. The van der Waals surface area contributed by atoms with E-state index in [0.29, 0.717) is 62.5 Å². The number of rotatable bonds is 10. The molecule has 1 atom stereocenters. The molecule has 3 aliphatic rings. The lowest BCUT2D eigenvalue weighted by Crippen LogP contribution is -2.50. The molecule has 2 aromatic heterocycles. The number of fused-ring (bicyclic) bond motifs is 1. The van der Waals surface area contributed by atoms with Gasteiger partial charge in [0.25, 0.3) is 5.91 Å². The van der Waals surface area contributed by atoms with E-state index in [2.05, 4.69) is 14.4 Å². The van der Waals surface area contributed by atoms with Crippen LogP contribution in [0.25, 0.3) is 16.7 Å². The number of carbonyl (C=O) groups excluding carboxylic acids is 2. The molecule has 0 radical (unpaired) electrons. The van der Waals surface area contributed by atoms with Crippen LogP contribution in [-0.2, 0) is 24.7 Å². The monoisotopic (exact) mass is 642 g/mol. The maximum Gasteiger partial charge on any atom is 0.409 e. The number of para-hydroxylation sites is 1. The van der Waals surface area contributed by atoms with Gasteiger partial charge in [0.1, 0.15) is 11.4 Å². The third kappa shape index (κ3) is 7.21. The number of amides is 2. The van der Waals surface area contributed by atoms with Crippen LogP contribution in [0.5, 0.6) is 5.75 Å². The number of nitrogens with zero attached hydrogens (tertiary/aromatic N) is 4. The van der Waals surface area contributed by atoms with E-state index in [4.69, 9.17) is 24.3 Å². The molecule has 0 bridgehead atoms. The van der Waals surface area contributed by atoms with E-state index < -0.39 is 28.3 Å². The Morgan fingerprint density at radius 2 is 1.84 bits per heavy atom. The van der Waals surface area contributed by atoms with Crippen molar-refractivity contribution in [2.24, 2.45) is 5.92 Å². The molecule has 2 N–H and O–H groups in total. The zero-order valence-electron chi connectivity index (χ0n) is 25.1. The Labute approximate surface area is 261 Å². The highest BCUT2D eigenvalue weighted by Gasteiger charge is 2.32. The van der Waals surface area contributed by atoms with Crippen molar-refractivity contribution >= 4 is 33.2 Å². The molecule has 0 spiro atoms. The number of hydrogen-bond donors (Lipinski definition) is 2. The Bertz CT molecular complexity index is 1610. The lowest BCUT2D eigenvalue weighted by Gasteiger charge is -2.31. The topological polar surface area (TPSA) is 163 Å².